The molecule has 0 radical (unpaired) electrons. The number of rotatable bonds is 4. The van der Waals surface area contributed by atoms with Crippen LogP contribution in [0.5, 0.6) is 5.75 Å². The molecule has 3 rings (SSSR count). The van der Waals surface area contributed by atoms with E-state index in [1.54, 1.807) is 0 Å². The first kappa shape index (κ1) is 14.1. The molecule has 21 heavy (non-hydrogen) atoms. The van der Waals surface area contributed by atoms with Crippen LogP contribution in [0.1, 0.15) is 55.7 Å². The van der Waals surface area contributed by atoms with Crippen LogP contribution in [0.4, 0.5) is 0 Å². The Morgan fingerprint density at radius 1 is 1.38 bits per heavy atom. The zero-order chi connectivity index (χ0) is 14.8. The van der Waals surface area contributed by atoms with Gasteiger partial charge in [0.05, 0.1) is 11.8 Å². The molecule has 4 heteroatoms. The Balaban J connectivity index is 1.69. The molecule has 1 aromatic heterocycles. The number of benzene rings is 1. The van der Waals surface area contributed by atoms with E-state index in [4.69, 9.17) is 4.74 Å². The van der Waals surface area contributed by atoms with Crippen molar-refractivity contribution in [1.82, 2.24) is 9.78 Å². The third-order valence-corrected chi connectivity index (χ3v) is 3.98. The highest BCUT2D eigenvalue weighted by atomic mass is 16.5. The normalized spacial score (nSPS) is 17.8. The molecule has 0 spiro atoms. The van der Waals surface area contributed by atoms with E-state index >= 15 is 0 Å². The number of aliphatic hydroxyl groups is 1. The van der Waals surface area contributed by atoms with Gasteiger partial charge in [0.25, 0.3) is 0 Å². The fourth-order valence-electron chi connectivity index (χ4n) is 2.74. The van der Waals surface area contributed by atoms with Gasteiger partial charge in [0.15, 0.2) is 0 Å². The molecule has 4 nitrogen and oxygen atoms in total. The molecular formula is C17H22N2O2. The molecule has 0 amide bonds. The van der Waals surface area contributed by atoms with E-state index in [0.717, 1.165) is 36.3 Å². The van der Waals surface area contributed by atoms with E-state index in [1.165, 1.54) is 5.56 Å². The van der Waals surface area contributed by atoms with Crippen molar-refractivity contribution in [3.05, 3.63) is 47.3 Å². The van der Waals surface area contributed by atoms with Crippen LogP contribution in [0.2, 0.25) is 0 Å². The van der Waals surface area contributed by atoms with Gasteiger partial charge in [-0.2, -0.15) is 5.10 Å². The molecule has 1 aliphatic rings. The van der Waals surface area contributed by atoms with Crippen molar-refractivity contribution >= 4 is 0 Å². The van der Waals surface area contributed by atoms with Gasteiger partial charge in [-0.05, 0) is 62.4 Å². The molecule has 0 aliphatic heterocycles. The largest absolute Gasteiger partial charge is 0.487 e. The number of aliphatic hydroxyl groups excluding tert-OH is 1. The third-order valence-electron chi connectivity index (χ3n) is 3.98. The molecule has 1 aliphatic carbocycles. The van der Waals surface area contributed by atoms with E-state index in [9.17, 15) is 5.11 Å². The zero-order valence-corrected chi connectivity index (χ0v) is 12.6. The van der Waals surface area contributed by atoms with Gasteiger partial charge in [-0.3, -0.25) is 4.68 Å². The fraction of sp³-hybridized carbons (Fsp3) is 0.471. The summed E-state index contributed by atoms with van der Waals surface area (Å²) in [6.45, 7) is 4.65. The highest BCUT2D eigenvalue weighted by molar-refractivity contribution is 5.38. The summed E-state index contributed by atoms with van der Waals surface area (Å²) < 4.78 is 7.74. The Bertz CT molecular complexity index is 619. The first-order valence-electron chi connectivity index (χ1n) is 7.61. The van der Waals surface area contributed by atoms with Gasteiger partial charge in [-0.1, -0.05) is 6.07 Å². The Morgan fingerprint density at radius 2 is 2.24 bits per heavy atom. The first-order chi connectivity index (χ1) is 10.1. The minimum Gasteiger partial charge on any atom is -0.487 e. The summed E-state index contributed by atoms with van der Waals surface area (Å²) in [7, 11) is 0. The molecular weight excluding hydrogens is 264 g/mol. The van der Waals surface area contributed by atoms with Gasteiger partial charge < -0.3 is 9.84 Å². The zero-order valence-electron chi connectivity index (χ0n) is 12.6. The molecule has 112 valence electrons. The van der Waals surface area contributed by atoms with Crippen molar-refractivity contribution in [3.63, 3.8) is 0 Å². The lowest BCUT2D eigenvalue weighted by Gasteiger charge is -2.21. The molecule has 0 saturated carbocycles. The number of aryl methyl sites for hydroxylation is 1. The molecule has 1 heterocycles. The lowest BCUT2D eigenvalue weighted by molar-refractivity contribution is 0.156. The maximum Gasteiger partial charge on any atom is 0.132 e. The topological polar surface area (TPSA) is 47.3 Å². The second-order valence-corrected chi connectivity index (χ2v) is 5.94. The van der Waals surface area contributed by atoms with Crippen LogP contribution in [0.15, 0.2) is 30.5 Å². The van der Waals surface area contributed by atoms with Gasteiger partial charge in [0, 0.05) is 12.2 Å². The van der Waals surface area contributed by atoms with E-state index in [1.807, 2.05) is 29.1 Å². The summed E-state index contributed by atoms with van der Waals surface area (Å²) in [5.41, 5.74) is 3.18. The van der Waals surface area contributed by atoms with Gasteiger partial charge in [-0.15, -0.1) is 0 Å². The number of nitrogens with zero attached hydrogens (tertiary/aromatic N) is 2. The van der Waals surface area contributed by atoms with Crippen molar-refractivity contribution in [2.45, 2.75) is 51.9 Å². The highest BCUT2D eigenvalue weighted by Crippen LogP contribution is 2.32. The molecule has 1 atom stereocenters. The summed E-state index contributed by atoms with van der Waals surface area (Å²) in [5, 5.41) is 14.5. The van der Waals surface area contributed by atoms with Gasteiger partial charge in [0.2, 0.25) is 0 Å². The average molecular weight is 286 g/mol. The van der Waals surface area contributed by atoms with Crippen LogP contribution in [-0.2, 0) is 13.0 Å². The van der Waals surface area contributed by atoms with Crippen molar-refractivity contribution in [2.24, 2.45) is 0 Å². The van der Waals surface area contributed by atoms with E-state index < -0.39 is 0 Å². The molecule has 0 fully saturated rings. The van der Waals surface area contributed by atoms with Gasteiger partial charge in [-0.25, -0.2) is 0 Å². The second kappa shape index (κ2) is 5.90. The standard InChI is InChI=1S/C17H22N2O2/c1-12(2)19-9-8-14(18-19)11-21-15-7-6-13-4-3-5-17(20)16(13)10-15/h6-10,12,17,20H,3-5,11H2,1-2H3/t17-/m0/s1. The van der Waals surface area contributed by atoms with Crippen molar-refractivity contribution in [1.29, 1.82) is 0 Å². The van der Waals surface area contributed by atoms with Crippen LogP contribution in [0.25, 0.3) is 0 Å². The molecule has 0 saturated heterocycles. The van der Waals surface area contributed by atoms with E-state index in [0.29, 0.717) is 12.6 Å². The fourth-order valence-corrected chi connectivity index (χ4v) is 2.74. The molecule has 1 N–H and O–H groups in total. The summed E-state index contributed by atoms with van der Waals surface area (Å²) in [4.78, 5) is 0. The average Bonchev–Trinajstić information content (AvgIpc) is 2.95. The number of fused-ring (bicyclic) bond motifs is 1. The maximum absolute atomic E-state index is 10.1. The molecule has 2 aromatic rings. The first-order valence-corrected chi connectivity index (χ1v) is 7.61. The Labute approximate surface area is 125 Å². The third kappa shape index (κ3) is 3.10. The Morgan fingerprint density at radius 3 is 3.00 bits per heavy atom. The SMILES string of the molecule is CC(C)n1ccc(COc2ccc3c(c2)[C@@H](O)CCC3)n1. The summed E-state index contributed by atoms with van der Waals surface area (Å²) in [6, 6.07) is 8.36. The van der Waals surface area contributed by atoms with E-state index in [2.05, 4.69) is 25.0 Å². The lowest BCUT2D eigenvalue weighted by Crippen LogP contribution is -2.09. The van der Waals surface area contributed by atoms with Crippen LogP contribution in [0.3, 0.4) is 0 Å². The Hall–Kier alpha value is -1.81. The molecule has 0 bridgehead atoms. The summed E-state index contributed by atoms with van der Waals surface area (Å²) >= 11 is 0. The number of hydrogen-bond donors (Lipinski definition) is 1. The lowest BCUT2D eigenvalue weighted by atomic mass is 9.89. The number of hydrogen-bond acceptors (Lipinski definition) is 3. The quantitative estimate of drug-likeness (QED) is 0.937. The van der Waals surface area contributed by atoms with Gasteiger partial charge >= 0.3 is 0 Å². The van der Waals surface area contributed by atoms with Crippen LogP contribution in [-0.4, -0.2) is 14.9 Å². The van der Waals surface area contributed by atoms with Crippen molar-refractivity contribution in [3.8, 4) is 5.75 Å². The smallest absolute Gasteiger partial charge is 0.132 e. The minimum atomic E-state index is -0.350. The predicted molar refractivity (Wildman–Crippen MR) is 81.3 cm³/mol. The predicted octanol–water partition coefficient (Wildman–Crippen LogP) is 3.41. The minimum absolute atomic E-state index is 0.350. The molecule has 1 aromatic carbocycles. The number of aromatic nitrogens is 2. The monoisotopic (exact) mass is 286 g/mol. The summed E-state index contributed by atoms with van der Waals surface area (Å²) in [6.07, 6.45) is 4.57. The van der Waals surface area contributed by atoms with Crippen molar-refractivity contribution < 1.29 is 9.84 Å². The second-order valence-electron chi connectivity index (χ2n) is 5.94. The van der Waals surface area contributed by atoms with Crippen LogP contribution >= 0.6 is 0 Å². The highest BCUT2D eigenvalue weighted by Gasteiger charge is 2.18. The Kier molecular flexibility index (Phi) is 3.97. The van der Waals surface area contributed by atoms with Crippen LogP contribution < -0.4 is 4.74 Å². The van der Waals surface area contributed by atoms with E-state index in [-0.39, 0.29) is 6.10 Å². The molecule has 0 unspecified atom stereocenters. The van der Waals surface area contributed by atoms with Crippen LogP contribution in [0, 0.1) is 0 Å². The summed E-state index contributed by atoms with van der Waals surface area (Å²) in [5.74, 6) is 0.800. The maximum atomic E-state index is 10.1. The number of ether oxygens (including phenoxy) is 1. The van der Waals surface area contributed by atoms with Crippen molar-refractivity contribution in [2.75, 3.05) is 0 Å². The van der Waals surface area contributed by atoms with Gasteiger partial charge in [0.1, 0.15) is 12.4 Å².